The lowest BCUT2D eigenvalue weighted by Crippen LogP contribution is -2.21. The van der Waals surface area contributed by atoms with E-state index in [1.165, 1.54) is 5.56 Å². The molecule has 1 aromatic rings. The van der Waals surface area contributed by atoms with Gasteiger partial charge in [-0.05, 0) is 5.56 Å². The molecule has 1 aromatic carbocycles. The SMILES string of the molecule is C[Si](C)(C)C1=C([Si](C)(C)C)C1c1ccccc1. The van der Waals surface area contributed by atoms with Crippen LogP contribution in [0.5, 0.6) is 0 Å². The lowest BCUT2D eigenvalue weighted by molar-refractivity contribution is 1.19. The van der Waals surface area contributed by atoms with E-state index < -0.39 is 16.1 Å². The van der Waals surface area contributed by atoms with Gasteiger partial charge in [0.2, 0.25) is 0 Å². The van der Waals surface area contributed by atoms with Crippen molar-refractivity contribution in [2.75, 3.05) is 0 Å². The minimum atomic E-state index is -1.13. The Morgan fingerprint density at radius 1 is 0.706 bits per heavy atom. The van der Waals surface area contributed by atoms with Crippen LogP contribution < -0.4 is 0 Å². The molecule has 0 saturated heterocycles. The Morgan fingerprint density at radius 3 is 1.47 bits per heavy atom. The molecule has 0 unspecified atom stereocenters. The first-order valence-electron chi connectivity index (χ1n) is 6.53. The zero-order valence-electron chi connectivity index (χ0n) is 12.0. The Balaban J connectivity index is 2.37. The van der Waals surface area contributed by atoms with E-state index in [0.29, 0.717) is 0 Å². The van der Waals surface area contributed by atoms with Crippen molar-refractivity contribution in [1.29, 1.82) is 0 Å². The molecule has 0 atom stereocenters. The molecule has 0 heterocycles. The second-order valence-electron chi connectivity index (χ2n) is 7.17. The molecule has 0 aliphatic heterocycles. The van der Waals surface area contributed by atoms with Crippen molar-refractivity contribution in [2.45, 2.75) is 45.2 Å². The molecule has 1 aliphatic carbocycles. The lowest BCUT2D eigenvalue weighted by Gasteiger charge is -2.14. The van der Waals surface area contributed by atoms with Crippen LogP contribution in [0, 0.1) is 0 Å². The molecule has 92 valence electrons. The van der Waals surface area contributed by atoms with E-state index in [0.717, 1.165) is 5.92 Å². The van der Waals surface area contributed by atoms with Crippen molar-refractivity contribution in [3.63, 3.8) is 0 Å². The summed E-state index contributed by atoms with van der Waals surface area (Å²) in [6.45, 7) is 14.9. The average molecular weight is 261 g/mol. The van der Waals surface area contributed by atoms with Crippen LogP contribution in [0.2, 0.25) is 39.3 Å². The molecule has 0 N–H and O–H groups in total. The number of benzene rings is 1. The summed E-state index contributed by atoms with van der Waals surface area (Å²) in [6.07, 6.45) is 0. The molecular formula is C15H24Si2. The van der Waals surface area contributed by atoms with Crippen LogP contribution in [0.25, 0.3) is 0 Å². The van der Waals surface area contributed by atoms with E-state index in [2.05, 4.69) is 69.6 Å². The van der Waals surface area contributed by atoms with Crippen molar-refractivity contribution < 1.29 is 0 Å². The number of rotatable bonds is 3. The summed E-state index contributed by atoms with van der Waals surface area (Å²) in [7, 11) is -2.26. The molecule has 0 bridgehead atoms. The lowest BCUT2D eigenvalue weighted by atomic mass is 10.1. The van der Waals surface area contributed by atoms with E-state index in [-0.39, 0.29) is 0 Å². The second-order valence-corrected chi connectivity index (χ2v) is 17.2. The number of allylic oxidation sites excluding steroid dienone is 2. The van der Waals surface area contributed by atoms with Crippen LogP contribution in [-0.2, 0) is 0 Å². The van der Waals surface area contributed by atoms with Crippen LogP contribution in [0.3, 0.4) is 0 Å². The minimum absolute atomic E-state index is 0.717. The van der Waals surface area contributed by atoms with Crippen molar-refractivity contribution >= 4 is 16.1 Å². The largest absolute Gasteiger partial charge is 0.0738 e. The highest BCUT2D eigenvalue weighted by Crippen LogP contribution is 2.55. The third-order valence-electron chi connectivity index (χ3n) is 3.53. The van der Waals surface area contributed by atoms with Crippen LogP contribution in [0.4, 0.5) is 0 Å². The maximum atomic E-state index is 2.49. The van der Waals surface area contributed by atoms with Crippen LogP contribution in [0.15, 0.2) is 40.7 Å². The molecule has 0 fully saturated rings. The molecule has 17 heavy (non-hydrogen) atoms. The monoisotopic (exact) mass is 260 g/mol. The molecule has 0 spiro atoms. The first-order chi connectivity index (χ1) is 7.73. The highest BCUT2D eigenvalue weighted by atomic mass is 28.3. The van der Waals surface area contributed by atoms with Crippen molar-refractivity contribution in [2.24, 2.45) is 0 Å². The fourth-order valence-electron chi connectivity index (χ4n) is 2.87. The maximum absolute atomic E-state index is 2.49. The highest BCUT2D eigenvalue weighted by Gasteiger charge is 2.49. The summed E-state index contributed by atoms with van der Waals surface area (Å²) < 4.78 is 0. The number of hydrogen-bond acceptors (Lipinski definition) is 0. The van der Waals surface area contributed by atoms with E-state index in [4.69, 9.17) is 0 Å². The molecular weight excluding hydrogens is 236 g/mol. The Morgan fingerprint density at radius 2 is 1.12 bits per heavy atom. The second kappa shape index (κ2) is 3.96. The van der Waals surface area contributed by atoms with Gasteiger partial charge in [-0.25, -0.2) is 0 Å². The molecule has 0 radical (unpaired) electrons. The maximum Gasteiger partial charge on any atom is 0.0731 e. The molecule has 1 aliphatic rings. The molecule has 0 saturated carbocycles. The Bertz CT molecular complexity index is 420. The van der Waals surface area contributed by atoms with Crippen molar-refractivity contribution in [1.82, 2.24) is 0 Å². The van der Waals surface area contributed by atoms with Gasteiger partial charge in [0.15, 0.2) is 0 Å². The van der Waals surface area contributed by atoms with Gasteiger partial charge >= 0.3 is 0 Å². The summed E-state index contributed by atoms with van der Waals surface area (Å²) in [5.41, 5.74) is 1.53. The zero-order chi connectivity index (χ0) is 12.8. The zero-order valence-corrected chi connectivity index (χ0v) is 14.0. The van der Waals surface area contributed by atoms with Gasteiger partial charge < -0.3 is 0 Å². The Labute approximate surface area is 108 Å². The predicted octanol–water partition coefficient (Wildman–Crippen LogP) is 4.84. The first kappa shape index (κ1) is 12.8. The standard InChI is InChI=1S/C15H24Si2/c1-16(2,3)14-13(15(14)17(4,5)6)12-10-8-7-9-11-12/h7-11,13H,1-6H3. The third kappa shape index (κ3) is 2.48. The number of hydrogen-bond donors (Lipinski definition) is 0. The molecule has 0 amide bonds. The molecule has 0 aromatic heterocycles. The summed E-state index contributed by atoms with van der Waals surface area (Å²) in [5, 5.41) is 3.70. The summed E-state index contributed by atoms with van der Waals surface area (Å²) in [5.74, 6) is 0.717. The van der Waals surface area contributed by atoms with Crippen LogP contribution in [-0.4, -0.2) is 16.1 Å². The van der Waals surface area contributed by atoms with Gasteiger partial charge in [0.05, 0.1) is 16.1 Å². The first-order valence-corrected chi connectivity index (χ1v) is 13.5. The minimum Gasteiger partial charge on any atom is -0.0738 e. The summed E-state index contributed by atoms with van der Waals surface area (Å²) in [4.78, 5) is 0. The van der Waals surface area contributed by atoms with Gasteiger partial charge in [-0.1, -0.05) is 80.0 Å². The van der Waals surface area contributed by atoms with Crippen molar-refractivity contribution in [3.8, 4) is 0 Å². The topological polar surface area (TPSA) is 0 Å². The molecule has 0 nitrogen and oxygen atoms in total. The smallest absolute Gasteiger partial charge is 0.0731 e. The average Bonchev–Trinajstić information content (AvgIpc) is 2.92. The molecule has 2 rings (SSSR count). The normalized spacial score (nSPS) is 17.5. The van der Waals surface area contributed by atoms with Gasteiger partial charge in [-0.2, -0.15) is 0 Å². The van der Waals surface area contributed by atoms with E-state index in [1.54, 1.807) is 0 Å². The van der Waals surface area contributed by atoms with E-state index >= 15 is 0 Å². The predicted molar refractivity (Wildman–Crippen MR) is 82.9 cm³/mol. The summed E-state index contributed by atoms with van der Waals surface area (Å²) in [6, 6.07) is 11.1. The van der Waals surface area contributed by atoms with Gasteiger partial charge in [0, 0.05) is 5.92 Å². The Hall–Kier alpha value is -0.606. The highest BCUT2D eigenvalue weighted by molar-refractivity contribution is 6.92. The van der Waals surface area contributed by atoms with Crippen molar-refractivity contribution in [3.05, 3.63) is 46.3 Å². The van der Waals surface area contributed by atoms with Gasteiger partial charge in [0.1, 0.15) is 0 Å². The van der Waals surface area contributed by atoms with Gasteiger partial charge in [0.25, 0.3) is 0 Å². The van der Waals surface area contributed by atoms with E-state index in [1.807, 2.05) is 10.4 Å². The van der Waals surface area contributed by atoms with Crippen LogP contribution in [0.1, 0.15) is 11.5 Å². The summed E-state index contributed by atoms with van der Waals surface area (Å²) >= 11 is 0. The fraction of sp³-hybridized carbons (Fsp3) is 0.467. The van der Waals surface area contributed by atoms with Gasteiger partial charge in [-0.15, -0.1) is 0 Å². The molecule has 2 heteroatoms. The third-order valence-corrected chi connectivity index (χ3v) is 8.13. The van der Waals surface area contributed by atoms with Gasteiger partial charge in [-0.3, -0.25) is 0 Å². The van der Waals surface area contributed by atoms with Crippen LogP contribution >= 0.6 is 0 Å². The quantitative estimate of drug-likeness (QED) is 0.683. The fourth-order valence-corrected chi connectivity index (χ4v) is 9.38. The van der Waals surface area contributed by atoms with E-state index in [9.17, 15) is 0 Å². The Kier molecular flexibility index (Phi) is 2.99.